The third kappa shape index (κ3) is 19.0. The third-order valence-electron chi connectivity index (χ3n) is 4.60. The predicted octanol–water partition coefficient (Wildman–Crippen LogP) is 5.48. The Morgan fingerprint density at radius 2 is 1.04 bits per heavy atom. The van der Waals surface area contributed by atoms with Gasteiger partial charge in [0.05, 0.1) is 5.57 Å². The Morgan fingerprint density at radius 3 is 1.41 bits per heavy atom. The van der Waals surface area contributed by atoms with Gasteiger partial charge in [0.1, 0.15) is 0 Å². The lowest BCUT2D eigenvalue weighted by Gasteiger charge is -2.03. The summed E-state index contributed by atoms with van der Waals surface area (Å²) in [5.74, 6) is -2.45. The number of carboxylic acid groups (broad SMARTS) is 2. The second kappa shape index (κ2) is 19.2. The molecule has 0 unspecified atom stereocenters. The predicted molar refractivity (Wildman–Crippen MR) is 109 cm³/mol. The van der Waals surface area contributed by atoms with E-state index >= 15 is 0 Å². The Hall–Kier alpha value is -1.62. The first-order valence-electron chi connectivity index (χ1n) is 10.5. The molecule has 0 amide bonds. The highest BCUT2D eigenvalue weighted by Crippen LogP contribution is 2.13. The number of hydrogen-bond acceptors (Lipinski definition) is 3. The molecule has 3 N–H and O–H groups in total. The van der Waals surface area contributed by atoms with Crippen LogP contribution in [-0.4, -0.2) is 33.9 Å². The van der Waals surface area contributed by atoms with Crippen LogP contribution in [0.5, 0.6) is 0 Å². The Balaban J connectivity index is 3.39. The minimum absolute atomic E-state index is 0.187. The van der Waals surface area contributed by atoms with Gasteiger partial charge < -0.3 is 15.3 Å². The molecule has 0 aromatic carbocycles. The molecular formula is C22H38O5. The van der Waals surface area contributed by atoms with Crippen LogP contribution in [0.25, 0.3) is 0 Å². The highest BCUT2D eigenvalue weighted by atomic mass is 16.4. The number of aliphatic hydroxyl groups is 1. The smallest absolute Gasteiger partial charge is 0.335 e. The van der Waals surface area contributed by atoms with Gasteiger partial charge in [-0.25, -0.2) is 9.59 Å². The largest absolute Gasteiger partial charge is 0.478 e. The Morgan fingerprint density at radius 1 is 0.630 bits per heavy atom. The van der Waals surface area contributed by atoms with E-state index in [1.807, 2.05) is 0 Å². The van der Waals surface area contributed by atoms with Gasteiger partial charge in [0, 0.05) is 12.7 Å². The molecule has 0 saturated heterocycles. The van der Waals surface area contributed by atoms with Gasteiger partial charge in [0.25, 0.3) is 0 Å². The molecule has 0 aliphatic rings. The Labute approximate surface area is 164 Å². The average Bonchev–Trinajstić information content (AvgIpc) is 2.62. The Kier molecular flexibility index (Phi) is 18.0. The molecule has 0 atom stereocenters. The minimum atomic E-state index is -1.24. The van der Waals surface area contributed by atoms with Gasteiger partial charge >= 0.3 is 11.9 Å². The first-order valence-corrected chi connectivity index (χ1v) is 10.5. The van der Waals surface area contributed by atoms with Gasteiger partial charge in [-0.2, -0.15) is 0 Å². The van der Waals surface area contributed by atoms with E-state index < -0.39 is 11.9 Å². The number of aliphatic hydroxyl groups excluding tert-OH is 1. The number of carboxylic acids is 2. The molecule has 0 heterocycles. The van der Waals surface area contributed by atoms with Crippen molar-refractivity contribution in [3.05, 3.63) is 23.8 Å². The van der Waals surface area contributed by atoms with Gasteiger partial charge in [0.2, 0.25) is 0 Å². The van der Waals surface area contributed by atoms with Crippen LogP contribution in [0.1, 0.15) is 96.3 Å². The van der Waals surface area contributed by atoms with Crippen LogP contribution in [-0.2, 0) is 9.59 Å². The highest BCUT2D eigenvalue weighted by Gasteiger charge is 2.04. The molecule has 0 aliphatic heterocycles. The summed E-state index contributed by atoms with van der Waals surface area (Å²) in [4.78, 5) is 21.4. The fourth-order valence-electron chi connectivity index (χ4n) is 3.02. The van der Waals surface area contributed by atoms with E-state index in [0.717, 1.165) is 38.2 Å². The van der Waals surface area contributed by atoms with Crippen molar-refractivity contribution >= 4 is 11.9 Å². The molecular weight excluding hydrogens is 344 g/mol. The molecule has 5 nitrogen and oxygen atoms in total. The summed E-state index contributed by atoms with van der Waals surface area (Å²) in [5, 5.41) is 26.2. The van der Waals surface area contributed by atoms with Crippen molar-refractivity contribution in [1.82, 2.24) is 0 Å². The molecule has 0 fully saturated rings. The lowest BCUT2D eigenvalue weighted by Crippen LogP contribution is -2.01. The molecule has 0 radical (unpaired) electrons. The van der Waals surface area contributed by atoms with E-state index in [2.05, 4.69) is 0 Å². The van der Waals surface area contributed by atoms with Crippen molar-refractivity contribution in [3.8, 4) is 0 Å². The summed E-state index contributed by atoms with van der Waals surface area (Å²) in [5.41, 5.74) is -0.187. The van der Waals surface area contributed by atoms with Crippen LogP contribution in [0.2, 0.25) is 0 Å². The number of aliphatic carboxylic acids is 2. The van der Waals surface area contributed by atoms with E-state index in [9.17, 15) is 9.59 Å². The summed E-state index contributed by atoms with van der Waals surface area (Å²) < 4.78 is 0. The van der Waals surface area contributed by atoms with Crippen molar-refractivity contribution < 1.29 is 24.9 Å². The number of allylic oxidation sites excluding steroid dienone is 1. The summed E-state index contributed by atoms with van der Waals surface area (Å²) in [7, 11) is 0. The van der Waals surface area contributed by atoms with Crippen LogP contribution in [0, 0.1) is 0 Å². The van der Waals surface area contributed by atoms with Crippen molar-refractivity contribution in [2.24, 2.45) is 0 Å². The van der Waals surface area contributed by atoms with Crippen LogP contribution in [0.4, 0.5) is 0 Å². The maximum absolute atomic E-state index is 10.8. The van der Waals surface area contributed by atoms with E-state index in [0.29, 0.717) is 6.61 Å². The molecule has 0 spiro atoms. The molecule has 0 saturated carbocycles. The summed E-state index contributed by atoms with van der Waals surface area (Å²) >= 11 is 0. The number of carbonyl (C=O) groups is 2. The normalized spacial score (nSPS) is 12.0. The van der Waals surface area contributed by atoms with E-state index in [1.54, 1.807) is 6.08 Å². The number of hydrogen-bond donors (Lipinski definition) is 3. The molecule has 5 heteroatoms. The summed E-state index contributed by atoms with van der Waals surface area (Å²) in [6, 6.07) is 0. The third-order valence-corrected chi connectivity index (χ3v) is 4.60. The quantitative estimate of drug-likeness (QED) is 0.156. The van der Waals surface area contributed by atoms with E-state index in [4.69, 9.17) is 15.3 Å². The van der Waals surface area contributed by atoms with Crippen LogP contribution in [0.3, 0.4) is 0 Å². The van der Waals surface area contributed by atoms with Gasteiger partial charge in [0.15, 0.2) is 0 Å². The highest BCUT2D eigenvalue weighted by molar-refractivity contribution is 5.96. The van der Waals surface area contributed by atoms with Crippen molar-refractivity contribution in [2.75, 3.05) is 6.61 Å². The molecule has 156 valence electrons. The van der Waals surface area contributed by atoms with Crippen molar-refractivity contribution in [2.45, 2.75) is 96.3 Å². The molecule has 0 aliphatic carbocycles. The molecule has 0 rings (SSSR count). The van der Waals surface area contributed by atoms with Crippen LogP contribution < -0.4 is 0 Å². The van der Waals surface area contributed by atoms with E-state index in [-0.39, 0.29) is 5.57 Å². The average molecular weight is 383 g/mol. The van der Waals surface area contributed by atoms with Crippen LogP contribution >= 0.6 is 0 Å². The zero-order valence-electron chi connectivity index (χ0n) is 16.7. The summed E-state index contributed by atoms with van der Waals surface area (Å²) in [6.45, 7) is 0.326. The van der Waals surface area contributed by atoms with Crippen molar-refractivity contribution in [3.63, 3.8) is 0 Å². The molecule has 0 bridgehead atoms. The minimum Gasteiger partial charge on any atom is -0.478 e. The number of rotatable bonds is 19. The zero-order chi connectivity index (χ0) is 20.2. The Bertz CT molecular complexity index is 440. The van der Waals surface area contributed by atoms with Gasteiger partial charge in [-0.15, -0.1) is 0 Å². The lowest BCUT2D eigenvalue weighted by molar-refractivity contribution is -0.134. The SMILES string of the molecule is O=C(O)/C=C(/C=C/CCCCCCCCCCCCCCCCO)C(=O)O. The van der Waals surface area contributed by atoms with Crippen LogP contribution in [0.15, 0.2) is 23.8 Å². The summed E-state index contributed by atoms with van der Waals surface area (Å²) in [6.07, 6.45) is 21.8. The lowest BCUT2D eigenvalue weighted by atomic mass is 10.0. The maximum Gasteiger partial charge on any atom is 0.335 e. The number of unbranched alkanes of at least 4 members (excludes halogenated alkanes) is 14. The second-order valence-electron chi connectivity index (χ2n) is 7.11. The van der Waals surface area contributed by atoms with Gasteiger partial charge in [-0.3, -0.25) is 0 Å². The first kappa shape index (κ1) is 25.4. The first-order chi connectivity index (χ1) is 13.1. The van der Waals surface area contributed by atoms with Crippen molar-refractivity contribution in [1.29, 1.82) is 0 Å². The monoisotopic (exact) mass is 382 g/mol. The second-order valence-corrected chi connectivity index (χ2v) is 7.11. The fourth-order valence-corrected chi connectivity index (χ4v) is 3.02. The van der Waals surface area contributed by atoms with Gasteiger partial charge in [-0.1, -0.05) is 89.2 Å². The zero-order valence-corrected chi connectivity index (χ0v) is 16.7. The fraction of sp³-hybridized carbons (Fsp3) is 0.727. The standard InChI is InChI=1S/C22H38O5/c23-18-16-14-12-10-8-6-4-2-1-3-5-7-9-11-13-15-17-20(22(26)27)19-21(24)25/h15,17,19,23H,1-14,16,18H2,(H,24,25)(H,26,27)/b17-15+,20-19-. The van der Waals surface area contributed by atoms with Gasteiger partial charge in [-0.05, 0) is 19.3 Å². The topological polar surface area (TPSA) is 94.8 Å². The van der Waals surface area contributed by atoms with E-state index in [1.165, 1.54) is 70.3 Å². The molecule has 0 aromatic heterocycles. The maximum atomic E-state index is 10.8. The molecule has 27 heavy (non-hydrogen) atoms. The molecule has 0 aromatic rings.